The van der Waals surface area contributed by atoms with Crippen LogP contribution in [0, 0.1) is 0 Å². The van der Waals surface area contributed by atoms with Crippen LogP contribution in [0.2, 0.25) is 5.02 Å². The van der Waals surface area contributed by atoms with Crippen molar-refractivity contribution in [2.75, 3.05) is 36.8 Å². The lowest BCUT2D eigenvalue weighted by atomic mass is 10.1. The van der Waals surface area contributed by atoms with Crippen LogP contribution >= 0.6 is 11.6 Å². The van der Waals surface area contributed by atoms with Gasteiger partial charge in [-0.25, -0.2) is 4.98 Å². The van der Waals surface area contributed by atoms with Gasteiger partial charge in [0.1, 0.15) is 5.75 Å². The Kier molecular flexibility index (Phi) is 8.83. The van der Waals surface area contributed by atoms with Crippen molar-refractivity contribution in [1.82, 2.24) is 14.9 Å². The molecule has 7 nitrogen and oxygen atoms in total. The molecule has 1 aromatic heterocycles. The van der Waals surface area contributed by atoms with Crippen molar-refractivity contribution in [3.8, 4) is 11.6 Å². The molecule has 2 heterocycles. The summed E-state index contributed by atoms with van der Waals surface area (Å²) in [7, 11) is 0. The number of aromatic nitrogens is 2. The van der Waals surface area contributed by atoms with Gasteiger partial charge in [-0.15, -0.1) is 0 Å². The zero-order valence-corrected chi connectivity index (χ0v) is 20.8. The molecule has 11 heteroatoms. The van der Waals surface area contributed by atoms with Gasteiger partial charge < -0.3 is 20.3 Å². The SMILES string of the molecule is O=C(CCc1cccc(Oc2ccnc(NCCN3CCCC3)n2)c1)Nc1ccc(Cl)c(C(F)(F)F)c1. The summed E-state index contributed by atoms with van der Waals surface area (Å²) in [6.07, 6.45) is -0.0483. The first-order valence-electron chi connectivity index (χ1n) is 12.0. The Bertz CT molecular complexity index is 1220. The van der Waals surface area contributed by atoms with Crippen molar-refractivity contribution in [1.29, 1.82) is 0 Å². The predicted molar refractivity (Wildman–Crippen MR) is 136 cm³/mol. The molecule has 196 valence electrons. The summed E-state index contributed by atoms with van der Waals surface area (Å²) in [6, 6.07) is 12.1. The molecular weight excluding hydrogens is 507 g/mol. The molecule has 0 atom stereocenters. The molecule has 1 fully saturated rings. The zero-order chi connectivity index (χ0) is 26.3. The standard InChI is InChI=1S/C26H27ClF3N5O2/c27-22-8-7-19(17-21(22)26(28,29)30)33-23(36)9-6-18-4-3-5-20(16-18)37-24-10-11-31-25(34-24)32-12-15-35-13-1-2-14-35/h3-5,7-8,10-11,16-17H,1-2,6,9,12-15H2,(H,33,36)(H,31,32,34). The quantitative estimate of drug-likeness (QED) is 0.332. The smallest absolute Gasteiger partial charge is 0.417 e. The molecule has 2 aromatic carbocycles. The van der Waals surface area contributed by atoms with Gasteiger partial charge in [-0.2, -0.15) is 18.2 Å². The number of halogens is 4. The molecule has 0 bridgehead atoms. The molecule has 1 saturated heterocycles. The first-order valence-corrected chi connectivity index (χ1v) is 12.4. The van der Waals surface area contributed by atoms with E-state index < -0.39 is 22.7 Å². The monoisotopic (exact) mass is 533 g/mol. The molecule has 0 unspecified atom stereocenters. The number of alkyl halides is 3. The van der Waals surface area contributed by atoms with Crippen LogP contribution in [-0.2, 0) is 17.4 Å². The number of likely N-dealkylation sites (tertiary alicyclic amines) is 1. The molecule has 2 N–H and O–H groups in total. The fourth-order valence-electron chi connectivity index (χ4n) is 4.00. The summed E-state index contributed by atoms with van der Waals surface area (Å²) < 4.78 is 45.0. The summed E-state index contributed by atoms with van der Waals surface area (Å²) in [4.78, 5) is 23.4. The van der Waals surface area contributed by atoms with E-state index in [-0.39, 0.29) is 12.1 Å². The third-order valence-corrected chi connectivity index (χ3v) is 6.19. The van der Waals surface area contributed by atoms with E-state index in [1.807, 2.05) is 6.07 Å². The minimum Gasteiger partial charge on any atom is -0.439 e. The van der Waals surface area contributed by atoms with Gasteiger partial charge in [0, 0.05) is 37.5 Å². The number of hydrogen-bond donors (Lipinski definition) is 2. The Morgan fingerprint density at radius 1 is 1.11 bits per heavy atom. The normalized spacial score (nSPS) is 13.9. The van der Waals surface area contributed by atoms with Crippen molar-refractivity contribution in [3.63, 3.8) is 0 Å². The molecule has 0 radical (unpaired) electrons. The molecule has 3 aromatic rings. The highest BCUT2D eigenvalue weighted by molar-refractivity contribution is 6.31. The maximum atomic E-state index is 13.0. The lowest BCUT2D eigenvalue weighted by molar-refractivity contribution is -0.137. The number of carbonyl (C=O) groups excluding carboxylic acids is 1. The number of nitrogens with zero attached hydrogens (tertiary/aromatic N) is 3. The fourth-order valence-corrected chi connectivity index (χ4v) is 4.23. The fraction of sp³-hybridized carbons (Fsp3) is 0.346. The molecule has 0 aliphatic carbocycles. The van der Waals surface area contributed by atoms with Gasteiger partial charge in [-0.1, -0.05) is 23.7 Å². The van der Waals surface area contributed by atoms with Gasteiger partial charge in [-0.3, -0.25) is 4.79 Å². The van der Waals surface area contributed by atoms with E-state index in [0.29, 0.717) is 24.0 Å². The maximum absolute atomic E-state index is 13.0. The highest BCUT2D eigenvalue weighted by Gasteiger charge is 2.33. The van der Waals surface area contributed by atoms with Crippen LogP contribution in [0.1, 0.15) is 30.4 Å². The number of nitrogens with one attached hydrogen (secondary N) is 2. The van der Waals surface area contributed by atoms with E-state index >= 15 is 0 Å². The Morgan fingerprint density at radius 3 is 2.70 bits per heavy atom. The molecule has 0 spiro atoms. The van der Waals surface area contributed by atoms with E-state index in [2.05, 4.69) is 25.5 Å². The van der Waals surface area contributed by atoms with E-state index in [1.54, 1.807) is 30.5 Å². The van der Waals surface area contributed by atoms with Crippen molar-refractivity contribution >= 4 is 29.1 Å². The molecule has 37 heavy (non-hydrogen) atoms. The van der Waals surface area contributed by atoms with Crippen molar-refractivity contribution < 1.29 is 22.7 Å². The largest absolute Gasteiger partial charge is 0.439 e. The van der Waals surface area contributed by atoms with Gasteiger partial charge in [-0.05, 0) is 68.2 Å². The number of ether oxygens (including phenoxy) is 1. The zero-order valence-electron chi connectivity index (χ0n) is 20.0. The highest BCUT2D eigenvalue weighted by Crippen LogP contribution is 2.36. The lowest BCUT2D eigenvalue weighted by Gasteiger charge is -2.14. The summed E-state index contributed by atoms with van der Waals surface area (Å²) in [5.74, 6) is 1.01. The first kappa shape index (κ1) is 26.7. The average molecular weight is 534 g/mol. The Morgan fingerprint density at radius 2 is 1.92 bits per heavy atom. The third-order valence-electron chi connectivity index (χ3n) is 5.86. The highest BCUT2D eigenvalue weighted by atomic mass is 35.5. The van der Waals surface area contributed by atoms with E-state index in [0.717, 1.165) is 43.9 Å². The number of carbonyl (C=O) groups is 1. The second-order valence-electron chi connectivity index (χ2n) is 8.68. The average Bonchev–Trinajstić information content (AvgIpc) is 3.37. The number of anilines is 2. The topological polar surface area (TPSA) is 79.4 Å². The molecular formula is C26H27ClF3N5O2. The first-order chi connectivity index (χ1) is 17.8. The minimum absolute atomic E-state index is 0.0346. The molecule has 1 aliphatic rings. The molecule has 1 amide bonds. The Hall–Kier alpha value is -3.37. The van der Waals surface area contributed by atoms with Crippen molar-refractivity contribution in [3.05, 3.63) is 70.9 Å². The number of rotatable bonds is 10. The van der Waals surface area contributed by atoms with Gasteiger partial charge in [0.2, 0.25) is 17.7 Å². The second-order valence-corrected chi connectivity index (χ2v) is 9.09. The molecule has 0 saturated carbocycles. The van der Waals surface area contributed by atoms with Crippen molar-refractivity contribution in [2.24, 2.45) is 0 Å². The summed E-state index contributed by atoms with van der Waals surface area (Å²) in [6.45, 7) is 3.94. The van der Waals surface area contributed by atoms with E-state index in [1.165, 1.54) is 18.9 Å². The second kappa shape index (κ2) is 12.2. The number of hydrogen-bond acceptors (Lipinski definition) is 6. The summed E-state index contributed by atoms with van der Waals surface area (Å²) >= 11 is 5.63. The van der Waals surface area contributed by atoms with Crippen LogP contribution in [0.15, 0.2) is 54.7 Å². The van der Waals surface area contributed by atoms with Crippen LogP contribution in [0.25, 0.3) is 0 Å². The minimum atomic E-state index is -4.60. The molecule has 4 rings (SSSR count). The van der Waals surface area contributed by atoms with Crippen LogP contribution in [-0.4, -0.2) is 47.0 Å². The summed E-state index contributed by atoms with van der Waals surface area (Å²) in [5, 5.41) is 5.29. The van der Waals surface area contributed by atoms with Gasteiger partial charge in [0.05, 0.1) is 10.6 Å². The summed E-state index contributed by atoms with van der Waals surface area (Å²) in [5.41, 5.74) is -0.128. The lowest BCUT2D eigenvalue weighted by Crippen LogP contribution is -2.26. The van der Waals surface area contributed by atoms with Crippen molar-refractivity contribution in [2.45, 2.75) is 31.9 Å². The van der Waals surface area contributed by atoms with E-state index in [9.17, 15) is 18.0 Å². The third kappa shape index (κ3) is 8.06. The maximum Gasteiger partial charge on any atom is 0.417 e. The van der Waals surface area contributed by atoms with Gasteiger partial charge in [0.25, 0.3) is 0 Å². The van der Waals surface area contributed by atoms with Crippen LogP contribution < -0.4 is 15.4 Å². The molecule has 1 aliphatic heterocycles. The van der Waals surface area contributed by atoms with Crippen LogP contribution in [0.3, 0.4) is 0 Å². The number of benzene rings is 2. The van der Waals surface area contributed by atoms with Crippen LogP contribution in [0.5, 0.6) is 11.6 Å². The van der Waals surface area contributed by atoms with Gasteiger partial charge in [0.15, 0.2) is 0 Å². The van der Waals surface area contributed by atoms with Gasteiger partial charge >= 0.3 is 6.18 Å². The number of amides is 1. The van der Waals surface area contributed by atoms with E-state index in [4.69, 9.17) is 16.3 Å². The Balaban J connectivity index is 1.28. The van der Waals surface area contributed by atoms with Crippen LogP contribution in [0.4, 0.5) is 24.8 Å². The Labute approximate surface area is 218 Å². The number of aryl methyl sites for hydroxylation is 1. The predicted octanol–water partition coefficient (Wildman–Crippen LogP) is 6.02.